The van der Waals surface area contributed by atoms with Crippen LogP contribution < -0.4 is 0 Å². The number of halogens is 2. The van der Waals surface area contributed by atoms with Gasteiger partial charge >= 0.3 is 0 Å². The Bertz CT molecular complexity index is 356. The summed E-state index contributed by atoms with van der Waals surface area (Å²) in [6, 6.07) is 4.37. The van der Waals surface area contributed by atoms with Crippen LogP contribution in [0.15, 0.2) is 22.7 Å². The first-order chi connectivity index (χ1) is 6.22. The number of rotatable bonds is 1. The zero-order valence-corrected chi connectivity index (χ0v) is 8.27. The van der Waals surface area contributed by atoms with Crippen molar-refractivity contribution in [3.8, 4) is 11.8 Å². The topological polar surface area (TPSA) is 17.1 Å². The van der Waals surface area contributed by atoms with Crippen LogP contribution in [0, 0.1) is 17.7 Å². The molecule has 0 amide bonds. The molecule has 0 radical (unpaired) electrons. The van der Waals surface area contributed by atoms with Gasteiger partial charge < -0.3 is 4.79 Å². The average molecular weight is 241 g/mol. The second-order valence-electron chi connectivity index (χ2n) is 2.33. The summed E-state index contributed by atoms with van der Waals surface area (Å²) in [5.74, 6) is 4.93. The molecule has 3 heteroatoms. The fourth-order valence-electron chi connectivity index (χ4n) is 0.821. The molecule has 0 saturated carbocycles. The first kappa shape index (κ1) is 9.94. The van der Waals surface area contributed by atoms with Crippen molar-refractivity contribution < 1.29 is 9.18 Å². The number of benzene rings is 1. The van der Waals surface area contributed by atoms with Crippen molar-refractivity contribution in [2.45, 2.75) is 6.42 Å². The molecule has 0 fully saturated rings. The number of hydrogen-bond acceptors (Lipinski definition) is 1. The maximum absolute atomic E-state index is 12.8. The zero-order valence-electron chi connectivity index (χ0n) is 6.68. The lowest BCUT2D eigenvalue weighted by Crippen LogP contribution is -1.79. The highest BCUT2D eigenvalue weighted by atomic mass is 79.9. The van der Waals surface area contributed by atoms with E-state index in [2.05, 4.69) is 27.8 Å². The molecule has 13 heavy (non-hydrogen) atoms. The second kappa shape index (κ2) is 4.78. The Balaban J connectivity index is 2.90. The predicted octanol–water partition coefficient (Wildman–Crippen LogP) is 2.53. The highest BCUT2D eigenvalue weighted by molar-refractivity contribution is 9.10. The van der Waals surface area contributed by atoms with Crippen LogP contribution in [0.2, 0.25) is 0 Å². The van der Waals surface area contributed by atoms with Crippen LogP contribution in [-0.4, -0.2) is 6.29 Å². The summed E-state index contributed by atoms with van der Waals surface area (Å²) in [6.07, 6.45) is 0.884. The van der Waals surface area contributed by atoms with Crippen molar-refractivity contribution in [2.75, 3.05) is 0 Å². The SMILES string of the molecule is O=CCC#Cc1cc(F)cc(Br)c1. The minimum absolute atomic E-state index is 0.175. The van der Waals surface area contributed by atoms with E-state index in [1.165, 1.54) is 12.1 Å². The maximum atomic E-state index is 12.8. The molecule has 0 aliphatic carbocycles. The lowest BCUT2D eigenvalue weighted by atomic mass is 10.2. The Kier molecular flexibility index (Phi) is 3.66. The van der Waals surface area contributed by atoms with Gasteiger partial charge in [-0.15, -0.1) is 0 Å². The molecule has 0 bridgehead atoms. The molecular weight excluding hydrogens is 235 g/mol. The number of hydrogen-bond donors (Lipinski definition) is 0. The summed E-state index contributed by atoms with van der Waals surface area (Å²) in [5.41, 5.74) is 0.564. The van der Waals surface area contributed by atoms with Gasteiger partial charge in [-0.05, 0) is 18.2 Å². The first-order valence-electron chi connectivity index (χ1n) is 3.61. The molecule has 0 heterocycles. The molecular formula is C10H6BrFO. The molecule has 66 valence electrons. The van der Waals surface area contributed by atoms with E-state index in [1.807, 2.05) is 0 Å². The summed E-state index contributed by atoms with van der Waals surface area (Å²) >= 11 is 3.14. The second-order valence-corrected chi connectivity index (χ2v) is 3.25. The van der Waals surface area contributed by atoms with Crippen LogP contribution in [-0.2, 0) is 4.79 Å². The lowest BCUT2D eigenvalue weighted by molar-refractivity contribution is -0.107. The fraction of sp³-hybridized carbons (Fsp3) is 0.100. The van der Waals surface area contributed by atoms with Crippen molar-refractivity contribution in [1.82, 2.24) is 0 Å². The summed E-state index contributed by atoms with van der Waals surface area (Å²) in [7, 11) is 0. The van der Waals surface area contributed by atoms with E-state index in [9.17, 15) is 9.18 Å². The fourth-order valence-corrected chi connectivity index (χ4v) is 1.29. The lowest BCUT2D eigenvalue weighted by Gasteiger charge is -1.93. The molecule has 0 unspecified atom stereocenters. The quantitative estimate of drug-likeness (QED) is 0.545. The summed E-state index contributed by atoms with van der Waals surface area (Å²) in [5, 5.41) is 0. The standard InChI is InChI=1S/C10H6BrFO/c11-9-5-8(3-1-2-4-13)6-10(12)7-9/h4-7H,2H2. The van der Waals surface area contributed by atoms with Crippen molar-refractivity contribution >= 4 is 22.2 Å². The van der Waals surface area contributed by atoms with E-state index in [0.29, 0.717) is 16.3 Å². The van der Waals surface area contributed by atoms with Crippen molar-refractivity contribution in [2.24, 2.45) is 0 Å². The van der Waals surface area contributed by atoms with Gasteiger partial charge in [-0.2, -0.15) is 0 Å². The van der Waals surface area contributed by atoms with Gasteiger partial charge in [-0.1, -0.05) is 27.8 Å². The van der Waals surface area contributed by atoms with Crippen LogP contribution in [0.25, 0.3) is 0 Å². The van der Waals surface area contributed by atoms with Crippen LogP contribution >= 0.6 is 15.9 Å². The third kappa shape index (κ3) is 3.39. The van der Waals surface area contributed by atoms with Gasteiger partial charge in [0, 0.05) is 10.0 Å². The predicted molar refractivity (Wildman–Crippen MR) is 51.7 cm³/mol. The Morgan fingerprint density at radius 3 is 2.85 bits per heavy atom. The van der Waals surface area contributed by atoms with E-state index < -0.39 is 0 Å². The van der Waals surface area contributed by atoms with Crippen LogP contribution in [0.3, 0.4) is 0 Å². The third-order valence-corrected chi connectivity index (χ3v) is 1.74. The third-order valence-electron chi connectivity index (χ3n) is 1.28. The van der Waals surface area contributed by atoms with Crippen LogP contribution in [0.1, 0.15) is 12.0 Å². The van der Waals surface area contributed by atoms with E-state index >= 15 is 0 Å². The first-order valence-corrected chi connectivity index (χ1v) is 4.40. The molecule has 1 nitrogen and oxygen atoms in total. The zero-order chi connectivity index (χ0) is 9.68. The molecule has 0 atom stereocenters. The summed E-state index contributed by atoms with van der Waals surface area (Å²) < 4.78 is 13.4. The van der Waals surface area contributed by atoms with Crippen LogP contribution in [0.4, 0.5) is 4.39 Å². The molecule has 0 N–H and O–H groups in total. The van der Waals surface area contributed by atoms with E-state index in [1.54, 1.807) is 6.07 Å². The molecule has 1 aromatic rings. The minimum Gasteiger partial charge on any atom is -0.302 e. The van der Waals surface area contributed by atoms with Gasteiger partial charge in [-0.3, -0.25) is 0 Å². The van der Waals surface area contributed by atoms with Gasteiger partial charge in [0.1, 0.15) is 12.1 Å². The molecule has 0 spiro atoms. The Labute approximate surface area is 84.1 Å². The summed E-state index contributed by atoms with van der Waals surface area (Å²) in [4.78, 5) is 9.94. The molecule has 0 aromatic heterocycles. The normalized spacial score (nSPS) is 8.77. The van der Waals surface area contributed by atoms with Crippen molar-refractivity contribution in [1.29, 1.82) is 0 Å². The molecule has 0 aliphatic rings. The highest BCUT2D eigenvalue weighted by Crippen LogP contribution is 2.13. The van der Waals surface area contributed by atoms with Gasteiger partial charge in [0.05, 0.1) is 6.42 Å². The largest absolute Gasteiger partial charge is 0.302 e. The Morgan fingerprint density at radius 2 is 2.23 bits per heavy atom. The van der Waals surface area contributed by atoms with Gasteiger partial charge in [0.25, 0.3) is 0 Å². The van der Waals surface area contributed by atoms with Gasteiger partial charge in [0.15, 0.2) is 0 Å². The molecule has 0 aliphatic heterocycles. The smallest absolute Gasteiger partial charge is 0.131 e. The summed E-state index contributed by atoms with van der Waals surface area (Å²) in [6.45, 7) is 0. The van der Waals surface area contributed by atoms with Gasteiger partial charge in [-0.25, -0.2) is 4.39 Å². The molecule has 0 saturated heterocycles. The van der Waals surface area contributed by atoms with Crippen LogP contribution in [0.5, 0.6) is 0 Å². The van der Waals surface area contributed by atoms with E-state index in [4.69, 9.17) is 0 Å². The van der Waals surface area contributed by atoms with Gasteiger partial charge in [0.2, 0.25) is 0 Å². The molecule has 1 rings (SSSR count). The molecule has 1 aromatic carbocycles. The average Bonchev–Trinajstić information content (AvgIpc) is 2.03. The monoisotopic (exact) mass is 240 g/mol. The number of aldehydes is 1. The number of carbonyl (C=O) groups is 1. The highest BCUT2D eigenvalue weighted by Gasteiger charge is 1.94. The number of carbonyl (C=O) groups excluding carboxylic acids is 1. The Morgan fingerprint density at radius 1 is 1.46 bits per heavy atom. The van der Waals surface area contributed by atoms with E-state index in [-0.39, 0.29) is 12.2 Å². The minimum atomic E-state index is -0.343. The Hall–Kier alpha value is -1.14. The van der Waals surface area contributed by atoms with Crippen molar-refractivity contribution in [3.05, 3.63) is 34.1 Å². The maximum Gasteiger partial charge on any atom is 0.131 e. The van der Waals surface area contributed by atoms with E-state index in [0.717, 1.165) is 0 Å². The van der Waals surface area contributed by atoms with Crippen molar-refractivity contribution in [3.63, 3.8) is 0 Å².